The van der Waals surface area contributed by atoms with E-state index in [1.165, 1.54) is 0 Å². The number of benzene rings is 1. The van der Waals surface area contributed by atoms with Crippen molar-refractivity contribution in [2.75, 3.05) is 13.1 Å². The number of para-hydroxylation sites is 1. The van der Waals surface area contributed by atoms with Crippen molar-refractivity contribution >= 4 is 16.8 Å². The number of hydrogen-bond donors (Lipinski definition) is 1. The zero-order valence-corrected chi connectivity index (χ0v) is 16.5. The van der Waals surface area contributed by atoms with Gasteiger partial charge in [0.15, 0.2) is 0 Å². The van der Waals surface area contributed by atoms with Crippen LogP contribution in [0.25, 0.3) is 22.4 Å². The third kappa shape index (κ3) is 3.80. The van der Waals surface area contributed by atoms with E-state index >= 15 is 0 Å². The first kappa shape index (κ1) is 18.5. The van der Waals surface area contributed by atoms with Gasteiger partial charge in [-0.05, 0) is 30.4 Å². The van der Waals surface area contributed by atoms with Gasteiger partial charge in [-0.1, -0.05) is 23.4 Å². The van der Waals surface area contributed by atoms with Gasteiger partial charge in [0.05, 0.1) is 12.6 Å². The number of likely N-dealkylation sites (tertiary alicyclic amines) is 1. The molecule has 0 saturated carbocycles. The van der Waals surface area contributed by atoms with E-state index in [1.54, 1.807) is 18.6 Å². The van der Waals surface area contributed by atoms with Crippen LogP contribution in [0.2, 0.25) is 0 Å². The third-order valence-corrected chi connectivity index (χ3v) is 5.61. The molecule has 1 saturated heterocycles. The highest BCUT2D eigenvalue weighted by molar-refractivity contribution is 5.88. The molecule has 1 atom stereocenters. The minimum atomic E-state index is 0.162. The molecule has 0 spiro atoms. The molecule has 8 heteroatoms. The fourth-order valence-corrected chi connectivity index (χ4v) is 4.11. The van der Waals surface area contributed by atoms with Gasteiger partial charge in [0.2, 0.25) is 17.6 Å². The molecule has 1 amide bonds. The highest BCUT2D eigenvalue weighted by Gasteiger charge is 2.26. The summed E-state index contributed by atoms with van der Waals surface area (Å²) in [6, 6.07) is 8.07. The number of amides is 1. The molecule has 1 fully saturated rings. The van der Waals surface area contributed by atoms with Crippen LogP contribution in [-0.2, 0) is 17.6 Å². The zero-order valence-electron chi connectivity index (χ0n) is 16.5. The molecular weight excluding hydrogens is 380 g/mol. The number of carbonyl (C=O) groups excluding carboxylic acids is 1. The smallest absolute Gasteiger partial charge is 0.227 e. The summed E-state index contributed by atoms with van der Waals surface area (Å²) in [5.41, 5.74) is 2.70. The maximum atomic E-state index is 12.9. The summed E-state index contributed by atoms with van der Waals surface area (Å²) in [6.45, 7) is 1.51. The second-order valence-electron chi connectivity index (χ2n) is 7.69. The molecule has 30 heavy (non-hydrogen) atoms. The normalized spacial score (nSPS) is 16.8. The quantitative estimate of drug-likeness (QED) is 0.551. The van der Waals surface area contributed by atoms with Crippen molar-refractivity contribution in [3.05, 3.63) is 60.5 Å². The number of aromatic nitrogens is 5. The number of nitrogens with one attached hydrogen (secondary N) is 1. The van der Waals surface area contributed by atoms with E-state index < -0.39 is 0 Å². The van der Waals surface area contributed by atoms with Crippen molar-refractivity contribution in [2.24, 2.45) is 5.92 Å². The predicted molar refractivity (Wildman–Crippen MR) is 110 cm³/mol. The van der Waals surface area contributed by atoms with Crippen molar-refractivity contribution < 1.29 is 9.32 Å². The SMILES string of the molecule is O=C(Cc1c[nH]c2ccccc12)N1CCCC(Cc2nc(-c3cnccn3)no2)C1. The molecule has 1 aliphatic rings. The van der Waals surface area contributed by atoms with Crippen LogP contribution >= 0.6 is 0 Å². The lowest BCUT2D eigenvalue weighted by Gasteiger charge is -2.32. The monoisotopic (exact) mass is 402 g/mol. The van der Waals surface area contributed by atoms with Gasteiger partial charge in [-0.2, -0.15) is 4.98 Å². The standard InChI is InChI=1S/C22H22N6O2/c29-21(11-16-12-25-18-6-2-1-5-17(16)18)28-9-3-4-15(14-28)10-20-26-22(27-30-20)19-13-23-7-8-24-19/h1-2,5-8,12-13,15,25H,3-4,9-11,14H2. The second kappa shape index (κ2) is 8.06. The van der Waals surface area contributed by atoms with Crippen LogP contribution < -0.4 is 0 Å². The number of H-pyrrole nitrogens is 1. The Morgan fingerprint density at radius 2 is 2.20 bits per heavy atom. The molecule has 0 aliphatic carbocycles. The zero-order chi connectivity index (χ0) is 20.3. The number of aromatic amines is 1. The highest BCUT2D eigenvalue weighted by atomic mass is 16.5. The topological polar surface area (TPSA) is 101 Å². The lowest BCUT2D eigenvalue weighted by molar-refractivity contribution is -0.132. The van der Waals surface area contributed by atoms with Gasteiger partial charge in [0.1, 0.15) is 5.69 Å². The molecule has 8 nitrogen and oxygen atoms in total. The molecule has 5 rings (SSSR count). The van der Waals surface area contributed by atoms with Crippen LogP contribution in [0.5, 0.6) is 0 Å². The maximum Gasteiger partial charge on any atom is 0.227 e. The summed E-state index contributed by atoms with van der Waals surface area (Å²) in [6.07, 6.45) is 9.85. The van der Waals surface area contributed by atoms with Crippen LogP contribution in [-0.4, -0.2) is 49.0 Å². The molecule has 1 aliphatic heterocycles. The summed E-state index contributed by atoms with van der Waals surface area (Å²) in [4.78, 5) is 30.8. The number of hydrogen-bond acceptors (Lipinski definition) is 6. The van der Waals surface area contributed by atoms with Gasteiger partial charge in [-0.3, -0.25) is 9.78 Å². The first-order chi connectivity index (χ1) is 14.8. The number of fused-ring (bicyclic) bond motifs is 1. The van der Waals surface area contributed by atoms with Gasteiger partial charge in [-0.15, -0.1) is 0 Å². The summed E-state index contributed by atoms with van der Waals surface area (Å²) in [5.74, 6) is 1.49. The van der Waals surface area contributed by atoms with E-state index in [0.29, 0.717) is 42.7 Å². The van der Waals surface area contributed by atoms with Gasteiger partial charge >= 0.3 is 0 Å². The van der Waals surface area contributed by atoms with Gasteiger partial charge < -0.3 is 14.4 Å². The van der Waals surface area contributed by atoms with Crippen molar-refractivity contribution in [1.29, 1.82) is 0 Å². The Bertz CT molecular complexity index is 1150. The second-order valence-corrected chi connectivity index (χ2v) is 7.69. The first-order valence-corrected chi connectivity index (χ1v) is 10.2. The van der Waals surface area contributed by atoms with E-state index in [9.17, 15) is 4.79 Å². The summed E-state index contributed by atoms with van der Waals surface area (Å²) in [7, 11) is 0. The van der Waals surface area contributed by atoms with Crippen LogP contribution in [0.15, 0.2) is 53.6 Å². The molecule has 4 aromatic rings. The van der Waals surface area contributed by atoms with E-state index in [4.69, 9.17) is 4.52 Å². The van der Waals surface area contributed by atoms with Crippen molar-refractivity contribution in [2.45, 2.75) is 25.7 Å². The van der Waals surface area contributed by atoms with Gasteiger partial charge in [-0.25, -0.2) is 4.98 Å². The molecule has 152 valence electrons. The Balaban J connectivity index is 1.23. The van der Waals surface area contributed by atoms with E-state index in [2.05, 4.69) is 31.2 Å². The molecule has 3 aromatic heterocycles. The largest absolute Gasteiger partial charge is 0.361 e. The van der Waals surface area contributed by atoms with Crippen molar-refractivity contribution in [3.8, 4) is 11.5 Å². The third-order valence-electron chi connectivity index (χ3n) is 5.61. The Kier molecular flexibility index (Phi) is 4.96. The minimum Gasteiger partial charge on any atom is -0.361 e. The summed E-state index contributed by atoms with van der Waals surface area (Å²) in [5, 5.41) is 5.13. The van der Waals surface area contributed by atoms with Gasteiger partial charge in [0.25, 0.3) is 0 Å². The van der Waals surface area contributed by atoms with E-state index in [0.717, 1.165) is 35.9 Å². The molecule has 4 heterocycles. The average molecular weight is 402 g/mol. The van der Waals surface area contributed by atoms with Crippen LogP contribution in [0.3, 0.4) is 0 Å². The molecule has 1 aromatic carbocycles. The van der Waals surface area contributed by atoms with Crippen LogP contribution in [0.1, 0.15) is 24.3 Å². The molecule has 1 N–H and O–H groups in total. The predicted octanol–water partition coefficient (Wildman–Crippen LogP) is 3.03. The Morgan fingerprint density at radius 1 is 1.27 bits per heavy atom. The van der Waals surface area contributed by atoms with E-state index in [1.807, 2.05) is 29.3 Å². The average Bonchev–Trinajstić information content (AvgIpc) is 3.42. The fourth-order valence-electron chi connectivity index (χ4n) is 4.11. The van der Waals surface area contributed by atoms with Crippen molar-refractivity contribution in [3.63, 3.8) is 0 Å². The van der Waals surface area contributed by atoms with E-state index in [-0.39, 0.29) is 5.91 Å². The number of rotatable bonds is 5. The molecule has 0 radical (unpaired) electrons. The Labute approximate surface area is 173 Å². The maximum absolute atomic E-state index is 12.9. The van der Waals surface area contributed by atoms with Crippen LogP contribution in [0, 0.1) is 5.92 Å². The lowest BCUT2D eigenvalue weighted by Crippen LogP contribution is -2.41. The summed E-state index contributed by atoms with van der Waals surface area (Å²) >= 11 is 0. The first-order valence-electron chi connectivity index (χ1n) is 10.2. The number of piperidine rings is 1. The molecule has 1 unspecified atom stereocenters. The summed E-state index contributed by atoms with van der Waals surface area (Å²) < 4.78 is 5.41. The highest BCUT2D eigenvalue weighted by Crippen LogP contribution is 2.24. The fraction of sp³-hybridized carbons (Fsp3) is 0.318. The number of nitrogens with zero attached hydrogens (tertiary/aromatic N) is 5. The number of carbonyl (C=O) groups is 1. The molecular formula is C22H22N6O2. The Hall–Kier alpha value is -3.55. The van der Waals surface area contributed by atoms with Crippen molar-refractivity contribution in [1.82, 2.24) is 30.0 Å². The van der Waals surface area contributed by atoms with Crippen LogP contribution in [0.4, 0.5) is 0 Å². The molecule has 0 bridgehead atoms. The minimum absolute atomic E-state index is 0.162. The van der Waals surface area contributed by atoms with Gasteiger partial charge in [0, 0.05) is 49.0 Å². The Morgan fingerprint density at radius 3 is 3.10 bits per heavy atom. The lowest BCUT2D eigenvalue weighted by atomic mass is 9.94.